The van der Waals surface area contributed by atoms with Gasteiger partial charge in [-0.05, 0) is 13.8 Å². The van der Waals surface area contributed by atoms with E-state index in [0.29, 0.717) is 0 Å². The lowest BCUT2D eigenvalue weighted by Gasteiger charge is -2.23. The zero-order valence-corrected chi connectivity index (χ0v) is 10.5. The second-order valence-corrected chi connectivity index (χ2v) is 5.60. The molecule has 2 N–H and O–H groups in total. The standard InChI is InChI=1S/C8H16NO6P.CH4/c1-5(7(10)11)14-16(4,9-3)15-6(2)8(12)13;/h5-6H,1-4H3,(H,10,11)(H,12,13);1H4. The van der Waals surface area contributed by atoms with E-state index >= 15 is 0 Å². The Morgan fingerprint density at radius 2 is 1.41 bits per heavy atom. The van der Waals surface area contributed by atoms with Crippen LogP contribution in [0.5, 0.6) is 0 Å². The lowest BCUT2D eigenvalue weighted by atomic mass is 10.4. The Labute approximate surface area is 101 Å². The molecule has 2 atom stereocenters. The fourth-order valence-corrected chi connectivity index (χ4v) is 2.39. The molecular formula is C9H20NO6P. The molecule has 0 saturated carbocycles. The average molecular weight is 269 g/mol. The van der Waals surface area contributed by atoms with Crippen molar-refractivity contribution in [1.29, 1.82) is 0 Å². The number of hydrogen-bond acceptors (Lipinski definition) is 5. The van der Waals surface area contributed by atoms with Crippen LogP contribution in [0.1, 0.15) is 21.3 Å². The second-order valence-electron chi connectivity index (χ2n) is 3.17. The summed E-state index contributed by atoms with van der Waals surface area (Å²) in [4.78, 5) is 21.2. The molecule has 0 aromatic carbocycles. The summed E-state index contributed by atoms with van der Waals surface area (Å²) in [6.45, 7) is 4.13. The first-order valence-corrected chi connectivity index (χ1v) is 6.54. The second kappa shape index (κ2) is 7.42. The van der Waals surface area contributed by atoms with Gasteiger partial charge in [-0.15, -0.1) is 0 Å². The molecule has 8 heteroatoms. The minimum Gasteiger partial charge on any atom is -0.479 e. The fraction of sp³-hybridized carbons (Fsp3) is 0.778. The number of hydrogen-bond donors (Lipinski definition) is 2. The molecule has 0 bridgehead atoms. The first-order chi connectivity index (χ1) is 7.22. The van der Waals surface area contributed by atoms with Crippen LogP contribution in [-0.2, 0) is 18.6 Å². The van der Waals surface area contributed by atoms with Gasteiger partial charge < -0.3 is 19.3 Å². The molecule has 0 aliphatic carbocycles. The Kier molecular flexibility index (Phi) is 8.06. The topological polar surface area (TPSA) is 105 Å². The van der Waals surface area contributed by atoms with Crippen LogP contribution in [0.15, 0.2) is 4.74 Å². The van der Waals surface area contributed by atoms with E-state index in [1.807, 2.05) is 0 Å². The maximum Gasteiger partial charge on any atom is 0.333 e. The number of carbonyl (C=O) groups is 2. The van der Waals surface area contributed by atoms with Crippen molar-refractivity contribution >= 4 is 19.4 Å². The van der Waals surface area contributed by atoms with Crippen molar-refractivity contribution in [2.75, 3.05) is 13.7 Å². The number of nitrogens with zero attached hydrogens (tertiary/aromatic N) is 1. The molecule has 0 aromatic heterocycles. The van der Waals surface area contributed by atoms with Gasteiger partial charge in [0.2, 0.25) is 7.51 Å². The summed E-state index contributed by atoms with van der Waals surface area (Å²) >= 11 is 0. The van der Waals surface area contributed by atoms with Crippen LogP contribution in [-0.4, -0.2) is 48.1 Å². The van der Waals surface area contributed by atoms with Gasteiger partial charge in [-0.1, -0.05) is 7.43 Å². The number of carboxylic acid groups (broad SMARTS) is 2. The van der Waals surface area contributed by atoms with Crippen LogP contribution in [0, 0.1) is 0 Å². The molecular weight excluding hydrogens is 249 g/mol. The SMILES string of the molecule is C.CN=P(C)(OC(C)C(=O)O)OC(C)C(=O)O. The molecule has 102 valence electrons. The monoisotopic (exact) mass is 269 g/mol. The van der Waals surface area contributed by atoms with E-state index in [2.05, 4.69) is 4.74 Å². The number of carboxylic acids is 2. The molecule has 0 saturated heterocycles. The van der Waals surface area contributed by atoms with Crippen molar-refractivity contribution in [2.45, 2.75) is 33.5 Å². The molecule has 0 radical (unpaired) electrons. The third-order valence-electron chi connectivity index (χ3n) is 1.77. The van der Waals surface area contributed by atoms with Gasteiger partial charge in [-0.25, -0.2) is 9.59 Å². The molecule has 0 aliphatic heterocycles. The highest BCUT2D eigenvalue weighted by Crippen LogP contribution is 2.49. The Bertz CT molecular complexity index is 303. The number of rotatable bonds is 6. The van der Waals surface area contributed by atoms with Crippen molar-refractivity contribution in [1.82, 2.24) is 0 Å². The van der Waals surface area contributed by atoms with Crippen LogP contribution in [0.2, 0.25) is 0 Å². The molecule has 0 heterocycles. The fourth-order valence-electron chi connectivity index (χ4n) is 0.796. The van der Waals surface area contributed by atoms with Crippen LogP contribution in [0.25, 0.3) is 0 Å². The van der Waals surface area contributed by atoms with Crippen molar-refractivity contribution in [3.8, 4) is 0 Å². The van der Waals surface area contributed by atoms with Gasteiger partial charge in [-0.3, -0.25) is 4.74 Å². The molecule has 0 amide bonds. The average Bonchev–Trinajstić information content (AvgIpc) is 2.17. The van der Waals surface area contributed by atoms with Gasteiger partial charge in [0.15, 0.2) is 12.2 Å². The van der Waals surface area contributed by atoms with E-state index in [1.54, 1.807) is 0 Å². The maximum absolute atomic E-state index is 10.6. The summed E-state index contributed by atoms with van der Waals surface area (Å²) in [5.74, 6) is -2.30. The van der Waals surface area contributed by atoms with Gasteiger partial charge in [0.05, 0.1) is 0 Å². The van der Waals surface area contributed by atoms with Crippen molar-refractivity contribution < 1.29 is 28.8 Å². The van der Waals surface area contributed by atoms with E-state index in [4.69, 9.17) is 19.3 Å². The molecule has 0 aromatic rings. The van der Waals surface area contributed by atoms with Crippen molar-refractivity contribution in [3.63, 3.8) is 0 Å². The van der Waals surface area contributed by atoms with Gasteiger partial charge in [-0.2, -0.15) is 0 Å². The highest BCUT2D eigenvalue weighted by atomic mass is 31.2. The zero-order chi connectivity index (χ0) is 12.9. The summed E-state index contributed by atoms with van der Waals surface area (Å²) in [5.41, 5.74) is 0. The van der Waals surface area contributed by atoms with E-state index < -0.39 is 31.7 Å². The van der Waals surface area contributed by atoms with Crippen molar-refractivity contribution in [3.05, 3.63) is 0 Å². The first kappa shape index (κ1) is 18.5. The minimum atomic E-state index is -2.81. The third kappa shape index (κ3) is 6.41. The molecule has 7 nitrogen and oxygen atoms in total. The van der Waals surface area contributed by atoms with Gasteiger partial charge in [0.1, 0.15) is 0 Å². The Morgan fingerprint density at radius 1 is 1.12 bits per heavy atom. The van der Waals surface area contributed by atoms with E-state index in [1.165, 1.54) is 27.6 Å². The summed E-state index contributed by atoms with van der Waals surface area (Å²) in [7, 11) is -1.41. The highest BCUT2D eigenvalue weighted by Gasteiger charge is 2.26. The smallest absolute Gasteiger partial charge is 0.333 e. The van der Waals surface area contributed by atoms with E-state index in [-0.39, 0.29) is 7.43 Å². The maximum atomic E-state index is 10.6. The van der Waals surface area contributed by atoms with E-state index in [0.717, 1.165) is 0 Å². The van der Waals surface area contributed by atoms with Crippen LogP contribution >= 0.6 is 7.51 Å². The lowest BCUT2D eigenvalue weighted by Crippen LogP contribution is -2.23. The Hall–Kier alpha value is -0.910. The summed E-state index contributed by atoms with van der Waals surface area (Å²) in [6.07, 6.45) is -2.19. The third-order valence-corrected chi connectivity index (χ3v) is 3.91. The summed E-state index contributed by atoms with van der Waals surface area (Å²) in [6, 6.07) is 0. The summed E-state index contributed by atoms with van der Waals surface area (Å²) in [5, 5.41) is 17.3. The quantitative estimate of drug-likeness (QED) is 0.713. The minimum absolute atomic E-state index is 0. The highest BCUT2D eigenvalue weighted by molar-refractivity contribution is 7.55. The van der Waals surface area contributed by atoms with Crippen LogP contribution < -0.4 is 0 Å². The largest absolute Gasteiger partial charge is 0.479 e. The normalized spacial score (nSPS) is 17.2. The zero-order valence-electron chi connectivity index (χ0n) is 9.58. The van der Waals surface area contributed by atoms with Gasteiger partial charge >= 0.3 is 11.9 Å². The first-order valence-electron chi connectivity index (χ1n) is 4.52. The summed E-state index contributed by atoms with van der Waals surface area (Å²) < 4.78 is 14.1. The van der Waals surface area contributed by atoms with Gasteiger partial charge in [0.25, 0.3) is 0 Å². The lowest BCUT2D eigenvalue weighted by molar-refractivity contribution is -0.145. The molecule has 2 unspecified atom stereocenters. The molecule has 0 fully saturated rings. The Balaban J connectivity index is 0. The van der Waals surface area contributed by atoms with Crippen LogP contribution in [0.3, 0.4) is 0 Å². The molecule has 0 rings (SSSR count). The Morgan fingerprint density at radius 3 is 1.59 bits per heavy atom. The van der Waals surface area contributed by atoms with Crippen LogP contribution in [0.4, 0.5) is 0 Å². The van der Waals surface area contributed by atoms with E-state index in [9.17, 15) is 9.59 Å². The predicted octanol–water partition coefficient (Wildman–Crippen LogP) is 1.89. The van der Waals surface area contributed by atoms with Crippen molar-refractivity contribution in [2.24, 2.45) is 4.74 Å². The molecule has 0 spiro atoms. The van der Waals surface area contributed by atoms with Gasteiger partial charge in [0, 0.05) is 13.7 Å². The number of aliphatic carboxylic acids is 2. The molecule has 0 aliphatic rings. The predicted molar refractivity (Wildman–Crippen MR) is 64.3 cm³/mol. The molecule has 17 heavy (non-hydrogen) atoms.